The van der Waals surface area contributed by atoms with Gasteiger partial charge in [-0.1, -0.05) is 222 Å². The topological polar surface area (TPSA) is 78.9 Å². The van der Waals surface area contributed by atoms with Crippen LogP contribution in [-0.2, 0) is 28.6 Å². The quantitative estimate of drug-likeness (QED) is 0.0262. The minimum absolute atomic E-state index is 0.0933. The smallest absolute Gasteiger partial charge is 0.306 e. The molecule has 1 atom stereocenters. The number of carbonyl (C=O) groups is 3. The summed E-state index contributed by atoms with van der Waals surface area (Å²) in [4.78, 5) is 38.0. The number of hydrogen-bond donors (Lipinski definition) is 0. The summed E-state index contributed by atoms with van der Waals surface area (Å²) in [6.45, 7) is 6.55. The summed E-state index contributed by atoms with van der Waals surface area (Å²) >= 11 is 0. The van der Waals surface area contributed by atoms with Crippen molar-refractivity contribution < 1.29 is 28.6 Å². The van der Waals surface area contributed by atoms with Crippen LogP contribution in [-0.4, -0.2) is 37.2 Å². The second kappa shape index (κ2) is 53.5. The van der Waals surface area contributed by atoms with E-state index >= 15 is 0 Å². The molecule has 0 N–H and O–H groups in total. The molecule has 0 fully saturated rings. The number of hydrogen-bond acceptors (Lipinski definition) is 6. The predicted octanol–water partition coefficient (Wildman–Crippen LogP) is 18.2. The van der Waals surface area contributed by atoms with E-state index in [-0.39, 0.29) is 37.5 Å². The first-order valence-corrected chi connectivity index (χ1v) is 27.4. The van der Waals surface area contributed by atoms with E-state index < -0.39 is 6.10 Å². The van der Waals surface area contributed by atoms with Gasteiger partial charge >= 0.3 is 17.9 Å². The number of unbranched alkanes of at least 4 members (excludes halogenated alkanes) is 26. The Morgan fingerprint density at radius 1 is 0.308 bits per heavy atom. The van der Waals surface area contributed by atoms with E-state index in [4.69, 9.17) is 14.2 Å². The fourth-order valence-electron chi connectivity index (χ4n) is 7.51. The van der Waals surface area contributed by atoms with Crippen molar-refractivity contribution in [2.24, 2.45) is 0 Å². The third-order valence-electron chi connectivity index (χ3n) is 11.7. The molecule has 6 heteroatoms. The molecule has 0 aliphatic carbocycles. The highest BCUT2D eigenvalue weighted by Gasteiger charge is 2.19. The maximum absolute atomic E-state index is 12.8. The minimum atomic E-state index is -0.799. The van der Waals surface area contributed by atoms with Gasteiger partial charge in [-0.3, -0.25) is 14.4 Å². The molecule has 0 aromatic carbocycles. The van der Waals surface area contributed by atoms with Crippen molar-refractivity contribution in [3.05, 3.63) is 72.9 Å². The van der Waals surface area contributed by atoms with Gasteiger partial charge < -0.3 is 14.2 Å². The van der Waals surface area contributed by atoms with Crippen molar-refractivity contribution in [2.45, 2.75) is 271 Å². The number of carbonyl (C=O) groups excluding carboxylic acids is 3. The second-order valence-electron chi connectivity index (χ2n) is 18.1. The highest BCUT2D eigenvalue weighted by molar-refractivity contribution is 5.71. The normalized spacial score (nSPS) is 12.6. The molecule has 65 heavy (non-hydrogen) atoms. The average Bonchev–Trinajstić information content (AvgIpc) is 3.30. The molecule has 374 valence electrons. The van der Waals surface area contributed by atoms with Crippen LogP contribution in [0.1, 0.15) is 265 Å². The summed E-state index contributed by atoms with van der Waals surface area (Å²) in [7, 11) is 0. The van der Waals surface area contributed by atoms with Gasteiger partial charge in [0.05, 0.1) is 0 Å². The van der Waals surface area contributed by atoms with Gasteiger partial charge in [-0.2, -0.15) is 0 Å². The molecule has 0 aliphatic heterocycles. The largest absolute Gasteiger partial charge is 0.462 e. The maximum Gasteiger partial charge on any atom is 0.306 e. The van der Waals surface area contributed by atoms with Gasteiger partial charge in [0.25, 0.3) is 0 Å². The first-order valence-electron chi connectivity index (χ1n) is 27.4. The van der Waals surface area contributed by atoms with E-state index in [1.165, 1.54) is 135 Å². The second-order valence-corrected chi connectivity index (χ2v) is 18.1. The zero-order valence-corrected chi connectivity index (χ0v) is 42.7. The third kappa shape index (κ3) is 51.7. The molecule has 6 nitrogen and oxygen atoms in total. The number of ether oxygens (including phenoxy) is 3. The van der Waals surface area contributed by atoms with E-state index in [0.29, 0.717) is 19.3 Å². The van der Waals surface area contributed by atoms with Gasteiger partial charge in [0.15, 0.2) is 6.10 Å². The first-order chi connectivity index (χ1) is 32.0. The highest BCUT2D eigenvalue weighted by Crippen LogP contribution is 2.15. The van der Waals surface area contributed by atoms with E-state index in [1.54, 1.807) is 0 Å². The molecule has 0 aromatic rings. The molecule has 0 aromatic heterocycles. The molecule has 0 bridgehead atoms. The van der Waals surface area contributed by atoms with Gasteiger partial charge in [0, 0.05) is 19.3 Å². The molecule has 0 aliphatic rings. The van der Waals surface area contributed by atoms with Crippen molar-refractivity contribution in [1.29, 1.82) is 0 Å². The Morgan fingerprint density at radius 3 is 0.923 bits per heavy atom. The van der Waals surface area contributed by atoms with Crippen LogP contribution in [0, 0.1) is 0 Å². The molecular weight excluding hydrogens is 805 g/mol. The van der Waals surface area contributed by atoms with Crippen LogP contribution in [0.2, 0.25) is 0 Å². The van der Waals surface area contributed by atoms with Crippen molar-refractivity contribution in [2.75, 3.05) is 13.2 Å². The van der Waals surface area contributed by atoms with Crippen LogP contribution < -0.4 is 0 Å². The molecular formula is C59H102O6. The van der Waals surface area contributed by atoms with E-state index in [0.717, 1.165) is 83.5 Å². The molecule has 0 unspecified atom stereocenters. The van der Waals surface area contributed by atoms with Gasteiger partial charge in [-0.15, -0.1) is 0 Å². The zero-order valence-electron chi connectivity index (χ0n) is 42.7. The monoisotopic (exact) mass is 907 g/mol. The SMILES string of the molecule is CCCCC/C=C\C/C=C\C/C=C\CCCCCCCCC(=O)OC[C@@H](COC(=O)CCCCCCCCCCCCCCC)OC(=O)CCCC/C=C\C/C=C\C/C=C\CCCCC. The van der Waals surface area contributed by atoms with Gasteiger partial charge in [0.2, 0.25) is 0 Å². The summed E-state index contributed by atoms with van der Waals surface area (Å²) < 4.78 is 16.8. The summed E-state index contributed by atoms with van der Waals surface area (Å²) in [5.74, 6) is -0.940. The van der Waals surface area contributed by atoms with Crippen LogP contribution in [0.5, 0.6) is 0 Å². The van der Waals surface area contributed by atoms with Crippen LogP contribution in [0.4, 0.5) is 0 Å². The van der Waals surface area contributed by atoms with Crippen molar-refractivity contribution in [3.63, 3.8) is 0 Å². The summed E-state index contributed by atoms with van der Waals surface area (Å²) in [5.41, 5.74) is 0. The third-order valence-corrected chi connectivity index (χ3v) is 11.7. The number of rotatable bonds is 49. The summed E-state index contributed by atoms with van der Waals surface area (Å²) in [6.07, 6.45) is 67.4. The highest BCUT2D eigenvalue weighted by atomic mass is 16.6. The van der Waals surface area contributed by atoms with Crippen molar-refractivity contribution in [3.8, 4) is 0 Å². The fourth-order valence-corrected chi connectivity index (χ4v) is 7.51. The van der Waals surface area contributed by atoms with E-state index in [2.05, 4.69) is 93.7 Å². The Hall–Kier alpha value is -3.15. The average molecular weight is 907 g/mol. The van der Waals surface area contributed by atoms with Gasteiger partial charge in [0.1, 0.15) is 13.2 Å². The first kappa shape index (κ1) is 61.9. The van der Waals surface area contributed by atoms with Crippen molar-refractivity contribution >= 4 is 17.9 Å². The molecule has 0 rings (SSSR count). The lowest BCUT2D eigenvalue weighted by atomic mass is 10.0. The lowest BCUT2D eigenvalue weighted by Crippen LogP contribution is -2.30. The lowest BCUT2D eigenvalue weighted by molar-refractivity contribution is -0.167. The van der Waals surface area contributed by atoms with E-state index in [1.807, 2.05) is 0 Å². The van der Waals surface area contributed by atoms with Crippen molar-refractivity contribution in [1.82, 2.24) is 0 Å². The van der Waals surface area contributed by atoms with Gasteiger partial charge in [-0.25, -0.2) is 0 Å². The summed E-state index contributed by atoms with van der Waals surface area (Å²) in [6, 6.07) is 0. The molecule has 0 amide bonds. The standard InChI is InChI=1S/C59H102O6/c1-4-7-10-13-16-19-22-25-27-28-29-30-32-34-37-40-43-46-49-52-58(61)64-55-56(54-63-57(60)51-48-45-42-39-36-33-24-21-18-15-12-9-6-3)65-59(62)53-50-47-44-41-38-35-31-26-23-20-17-14-11-8-5-2/h16-17,19-20,25-27,29-31,38,41,56H,4-15,18,21-24,28,32-37,39-40,42-55H2,1-3H3/b19-16-,20-17-,27-25-,30-29-,31-26-,41-38-/t56-/m1/s1. The van der Waals surface area contributed by atoms with Crippen LogP contribution in [0.25, 0.3) is 0 Å². The Labute approximate surface area is 402 Å². The minimum Gasteiger partial charge on any atom is -0.462 e. The molecule has 0 radical (unpaired) electrons. The Bertz CT molecular complexity index is 1230. The summed E-state index contributed by atoms with van der Waals surface area (Å²) in [5, 5.41) is 0. The molecule has 0 heterocycles. The van der Waals surface area contributed by atoms with Gasteiger partial charge in [-0.05, 0) is 96.3 Å². The van der Waals surface area contributed by atoms with Crippen LogP contribution in [0.15, 0.2) is 72.9 Å². The van der Waals surface area contributed by atoms with E-state index in [9.17, 15) is 14.4 Å². The molecule has 0 saturated heterocycles. The Morgan fingerprint density at radius 2 is 0.554 bits per heavy atom. The van der Waals surface area contributed by atoms with Crippen LogP contribution in [0.3, 0.4) is 0 Å². The predicted molar refractivity (Wildman–Crippen MR) is 279 cm³/mol. The zero-order chi connectivity index (χ0) is 47.2. The maximum atomic E-state index is 12.8. The number of esters is 3. The molecule has 0 saturated carbocycles. The Kier molecular flexibility index (Phi) is 50.9. The fraction of sp³-hybridized carbons (Fsp3) is 0.746. The Balaban J connectivity index is 4.44. The number of allylic oxidation sites excluding steroid dienone is 12. The van der Waals surface area contributed by atoms with Crippen LogP contribution >= 0.6 is 0 Å². The lowest BCUT2D eigenvalue weighted by Gasteiger charge is -2.18. The molecule has 0 spiro atoms.